The van der Waals surface area contributed by atoms with E-state index in [1.807, 2.05) is 0 Å². The van der Waals surface area contributed by atoms with Crippen molar-refractivity contribution in [3.63, 3.8) is 0 Å². The smallest absolute Gasteiger partial charge is 0.462 e. The monoisotopic (exact) mass is 1520 g/mol. The number of aliphatic hydroxyl groups is 1. The molecule has 0 aromatic rings. The maximum Gasteiger partial charge on any atom is 0.472 e. The van der Waals surface area contributed by atoms with Crippen LogP contribution in [0.3, 0.4) is 0 Å². The van der Waals surface area contributed by atoms with Crippen molar-refractivity contribution >= 4 is 39.5 Å². The number of carbonyl (C=O) groups excluding carboxylic acids is 4. The lowest BCUT2D eigenvalue weighted by Crippen LogP contribution is -2.30. The number of hydrogen-bond acceptors (Lipinski definition) is 15. The lowest BCUT2D eigenvalue weighted by Gasteiger charge is -2.21. The van der Waals surface area contributed by atoms with E-state index in [1.165, 1.54) is 270 Å². The average Bonchev–Trinajstić information content (AvgIpc) is 0.910. The fraction of sp³-hybridized carbons (Fsp3) is 0.953. The molecule has 3 N–H and O–H groups in total. The molecule has 17 nitrogen and oxygen atoms in total. The summed E-state index contributed by atoms with van der Waals surface area (Å²) in [4.78, 5) is 73.1. The van der Waals surface area contributed by atoms with Gasteiger partial charge >= 0.3 is 39.5 Å². The maximum atomic E-state index is 13.1. The van der Waals surface area contributed by atoms with Gasteiger partial charge in [0, 0.05) is 25.7 Å². The molecule has 2 unspecified atom stereocenters. The first-order chi connectivity index (χ1) is 50.4. The first kappa shape index (κ1) is 102. The van der Waals surface area contributed by atoms with E-state index in [0.717, 1.165) is 102 Å². The van der Waals surface area contributed by atoms with Gasteiger partial charge in [0.25, 0.3) is 0 Å². The minimum Gasteiger partial charge on any atom is -0.462 e. The van der Waals surface area contributed by atoms with Crippen LogP contribution in [0.1, 0.15) is 452 Å². The molecule has 0 aliphatic carbocycles. The summed E-state index contributed by atoms with van der Waals surface area (Å²) in [6.07, 6.45) is 68.1. The van der Waals surface area contributed by atoms with Gasteiger partial charge in [0.2, 0.25) is 0 Å². The van der Waals surface area contributed by atoms with E-state index < -0.39 is 97.5 Å². The van der Waals surface area contributed by atoms with E-state index >= 15 is 0 Å². The van der Waals surface area contributed by atoms with Crippen LogP contribution in [0.25, 0.3) is 0 Å². The first-order valence-electron chi connectivity index (χ1n) is 44.0. The van der Waals surface area contributed by atoms with Crippen LogP contribution in [0.5, 0.6) is 0 Å². The maximum absolute atomic E-state index is 13.1. The average molecular weight is 1520 g/mol. The molecule has 0 saturated heterocycles. The van der Waals surface area contributed by atoms with E-state index in [1.54, 1.807) is 0 Å². The third-order valence-corrected chi connectivity index (χ3v) is 21.9. The van der Waals surface area contributed by atoms with Crippen LogP contribution in [-0.2, 0) is 65.4 Å². The van der Waals surface area contributed by atoms with Gasteiger partial charge in [0.1, 0.15) is 19.3 Å². The molecule has 0 bridgehead atoms. The highest BCUT2D eigenvalue weighted by Crippen LogP contribution is 2.45. The van der Waals surface area contributed by atoms with Gasteiger partial charge in [0.15, 0.2) is 12.2 Å². The van der Waals surface area contributed by atoms with Gasteiger partial charge in [-0.25, -0.2) is 9.13 Å². The molecule has 0 aromatic heterocycles. The third-order valence-electron chi connectivity index (χ3n) is 20.0. The molecule has 0 aliphatic rings. The summed E-state index contributed by atoms with van der Waals surface area (Å²) in [5.41, 5.74) is 0. The molecule has 618 valence electrons. The van der Waals surface area contributed by atoms with Gasteiger partial charge in [-0.2, -0.15) is 0 Å². The number of hydrogen-bond donors (Lipinski definition) is 3. The van der Waals surface area contributed by atoms with Crippen LogP contribution in [0, 0.1) is 11.8 Å². The topological polar surface area (TPSA) is 237 Å². The van der Waals surface area contributed by atoms with Gasteiger partial charge in [-0.3, -0.25) is 37.3 Å². The van der Waals surface area contributed by atoms with Crippen LogP contribution in [0.4, 0.5) is 0 Å². The summed E-state index contributed by atoms with van der Waals surface area (Å²) in [7, 11) is -9.92. The minimum atomic E-state index is -4.96. The van der Waals surface area contributed by atoms with Crippen LogP contribution in [0.2, 0.25) is 0 Å². The highest BCUT2D eigenvalue weighted by Gasteiger charge is 2.30. The second-order valence-electron chi connectivity index (χ2n) is 31.5. The number of unbranched alkanes of at least 4 members (excludes halogenated alkanes) is 54. The normalized spacial score (nSPS) is 13.8. The molecule has 0 aliphatic heterocycles. The first-order valence-corrected chi connectivity index (χ1v) is 47.0. The van der Waals surface area contributed by atoms with Gasteiger partial charge < -0.3 is 33.8 Å². The van der Waals surface area contributed by atoms with E-state index in [2.05, 4.69) is 41.5 Å². The van der Waals surface area contributed by atoms with Crippen molar-refractivity contribution in [2.45, 2.75) is 471 Å². The Labute approximate surface area is 638 Å². The zero-order valence-electron chi connectivity index (χ0n) is 68.3. The quantitative estimate of drug-likeness (QED) is 0.0222. The summed E-state index contributed by atoms with van der Waals surface area (Å²) >= 11 is 0. The van der Waals surface area contributed by atoms with Crippen molar-refractivity contribution in [1.82, 2.24) is 0 Å². The second kappa shape index (κ2) is 76.4. The van der Waals surface area contributed by atoms with Gasteiger partial charge in [-0.1, -0.05) is 401 Å². The van der Waals surface area contributed by atoms with Crippen molar-refractivity contribution < 1.29 is 80.2 Å². The lowest BCUT2D eigenvalue weighted by molar-refractivity contribution is -0.161. The molecule has 0 amide bonds. The predicted octanol–water partition coefficient (Wildman–Crippen LogP) is 25.8. The van der Waals surface area contributed by atoms with E-state index in [9.17, 15) is 43.2 Å². The minimum absolute atomic E-state index is 0.107. The molecule has 5 atom stereocenters. The number of ether oxygens (including phenoxy) is 4. The Morgan fingerprint density at radius 1 is 0.260 bits per heavy atom. The standard InChI is InChI=1S/C85H166O17P2/c1-7-9-11-13-15-17-18-19-20-21-22-23-24-25-26-29-33-39-45-51-57-63-69-84(89)102-81(74-96-83(88)68-62-56-50-44-38-32-30-27-28-31-36-42-47-53-59-65-77(3)4)76-100-104(93,94)98-72-79(86)71-97-103(91,92)99-75-80(73-95-82(87)67-61-55-49-41-16-14-12-10-8-2)101-85(90)70-64-58-52-46-40-35-34-37-43-48-54-60-66-78(5)6/h77-81,86H,7-76H2,1-6H3,(H,91,92)(H,93,94)/t79-,80+,81+/m0/s1. The molecule has 0 fully saturated rings. The molecular weight excluding hydrogens is 1350 g/mol. The van der Waals surface area contributed by atoms with Crippen molar-refractivity contribution in [3.05, 3.63) is 0 Å². The third kappa shape index (κ3) is 78.2. The zero-order valence-corrected chi connectivity index (χ0v) is 70.1. The van der Waals surface area contributed by atoms with Gasteiger partial charge in [0.05, 0.1) is 26.4 Å². The number of aliphatic hydroxyl groups excluding tert-OH is 1. The Bertz CT molecular complexity index is 1990. The largest absolute Gasteiger partial charge is 0.472 e. The van der Waals surface area contributed by atoms with E-state index in [4.69, 9.17) is 37.0 Å². The van der Waals surface area contributed by atoms with Gasteiger partial charge in [-0.15, -0.1) is 0 Å². The van der Waals surface area contributed by atoms with Crippen LogP contribution in [0.15, 0.2) is 0 Å². The summed E-state index contributed by atoms with van der Waals surface area (Å²) in [5.74, 6) is -0.522. The molecule has 0 heterocycles. The lowest BCUT2D eigenvalue weighted by atomic mass is 10.0. The molecule has 0 rings (SSSR count). The van der Waals surface area contributed by atoms with Crippen LogP contribution >= 0.6 is 15.6 Å². The number of carbonyl (C=O) groups is 4. The van der Waals surface area contributed by atoms with E-state index in [0.29, 0.717) is 25.7 Å². The summed E-state index contributed by atoms with van der Waals surface area (Å²) in [5, 5.41) is 10.7. The van der Waals surface area contributed by atoms with Crippen molar-refractivity contribution in [3.8, 4) is 0 Å². The van der Waals surface area contributed by atoms with Crippen molar-refractivity contribution in [1.29, 1.82) is 0 Å². The second-order valence-corrected chi connectivity index (χ2v) is 34.4. The Morgan fingerprint density at radius 2 is 0.442 bits per heavy atom. The Balaban J connectivity index is 5.20. The van der Waals surface area contributed by atoms with Crippen LogP contribution < -0.4 is 0 Å². The van der Waals surface area contributed by atoms with Gasteiger partial charge in [-0.05, 0) is 37.5 Å². The predicted molar refractivity (Wildman–Crippen MR) is 428 cm³/mol. The molecule has 104 heavy (non-hydrogen) atoms. The Hall–Kier alpha value is -1.94. The molecule has 0 spiro atoms. The number of phosphoric ester groups is 2. The highest BCUT2D eigenvalue weighted by atomic mass is 31.2. The van der Waals surface area contributed by atoms with Crippen molar-refractivity contribution in [2.75, 3.05) is 39.6 Å². The molecular formula is C85H166O17P2. The van der Waals surface area contributed by atoms with E-state index in [-0.39, 0.29) is 25.7 Å². The number of esters is 4. The van der Waals surface area contributed by atoms with Crippen LogP contribution in [-0.4, -0.2) is 96.7 Å². The summed E-state index contributed by atoms with van der Waals surface area (Å²) in [6.45, 7) is 9.68. The fourth-order valence-corrected chi connectivity index (χ4v) is 14.8. The fourth-order valence-electron chi connectivity index (χ4n) is 13.2. The number of phosphoric acid groups is 2. The Kier molecular flexibility index (Phi) is 75.0. The summed E-state index contributed by atoms with van der Waals surface area (Å²) in [6, 6.07) is 0. The SMILES string of the molecule is CCCCCCCCCCCCCCCCCCCCCCCCC(=O)O[C@H](COC(=O)CCCCCCCCCCCCCCCCCC(C)C)COP(=O)(O)OC[C@@H](O)COP(=O)(O)OC[C@@H](COC(=O)CCCCCCCCCCC)OC(=O)CCCCCCCCCCCCCCC(C)C. The molecule has 0 aromatic carbocycles. The highest BCUT2D eigenvalue weighted by molar-refractivity contribution is 7.47. The number of rotatable bonds is 84. The zero-order chi connectivity index (χ0) is 76.4. The van der Waals surface area contributed by atoms with Crippen molar-refractivity contribution in [2.24, 2.45) is 11.8 Å². The molecule has 0 radical (unpaired) electrons. The molecule has 0 saturated carbocycles. The Morgan fingerprint density at radius 3 is 0.654 bits per heavy atom. The summed E-state index contributed by atoms with van der Waals surface area (Å²) < 4.78 is 68.8. The molecule has 19 heteroatoms.